The van der Waals surface area contributed by atoms with Gasteiger partial charge in [-0.25, -0.2) is 0 Å². The van der Waals surface area contributed by atoms with Crippen LogP contribution >= 0.6 is 0 Å². The number of benzene rings is 1. The summed E-state index contributed by atoms with van der Waals surface area (Å²) in [4.78, 5) is 13.4. The molecule has 0 bridgehead atoms. The minimum Gasteiger partial charge on any atom is -0.497 e. The Balaban J connectivity index is 2.71. The fraction of sp³-hybridized carbons (Fsp3) is 0.182. The first-order valence-electron chi connectivity index (χ1n) is 4.70. The van der Waals surface area contributed by atoms with E-state index < -0.39 is 17.3 Å². The van der Waals surface area contributed by atoms with Crippen molar-refractivity contribution in [1.82, 2.24) is 4.98 Å². The quantitative estimate of drug-likeness (QED) is 0.836. The number of H-pyrrole nitrogens is 1. The van der Waals surface area contributed by atoms with E-state index in [2.05, 4.69) is 4.98 Å². The lowest BCUT2D eigenvalue weighted by Gasteiger charge is -2.07. The van der Waals surface area contributed by atoms with Crippen LogP contribution in [0.4, 0.5) is 13.2 Å². The molecule has 1 N–H and O–H groups in total. The van der Waals surface area contributed by atoms with Gasteiger partial charge in [0.25, 0.3) is 5.56 Å². The number of aromatic amines is 1. The second-order valence-corrected chi connectivity index (χ2v) is 3.46. The third-order valence-corrected chi connectivity index (χ3v) is 2.36. The third-order valence-electron chi connectivity index (χ3n) is 2.36. The number of pyridine rings is 1. The zero-order valence-corrected chi connectivity index (χ0v) is 8.76. The van der Waals surface area contributed by atoms with Crippen LogP contribution in [0.3, 0.4) is 0 Å². The first-order valence-corrected chi connectivity index (χ1v) is 4.70. The molecule has 1 aromatic heterocycles. The lowest BCUT2D eigenvalue weighted by Crippen LogP contribution is -2.21. The van der Waals surface area contributed by atoms with E-state index in [0.29, 0.717) is 16.7 Å². The molecule has 1 aromatic carbocycles. The van der Waals surface area contributed by atoms with Crippen molar-refractivity contribution in [2.45, 2.75) is 6.18 Å². The standard InChI is InChI=1S/C11H8F3NO2/c1-17-7-3-2-6-4-8(11(12,13)14)10(16)15-9(6)5-7/h2-5H,1H3,(H,15,16). The summed E-state index contributed by atoms with van der Waals surface area (Å²) in [5.74, 6) is 0.466. The van der Waals surface area contributed by atoms with Crippen molar-refractivity contribution in [2.75, 3.05) is 7.11 Å². The Labute approximate surface area is 93.8 Å². The first-order chi connectivity index (χ1) is 7.91. The van der Waals surface area contributed by atoms with Gasteiger partial charge in [0.15, 0.2) is 0 Å². The molecule has 0 spiro atoms. The fourth-order valence-electron chi connectivity index (χ4n) is 1.52. The van der Waals surface area contributed by atoms with Crippen LogP contribution in [0.1, 0.15) is 5.56 Å². The summed E-state index contributed by atoms with van der Waals surface area (Å²) in [7, 11) is 1.43. The number of ether oxygens (including phenoxy) is 1. The van der Waals surface area contributed by atoms with Crippen LogP contribution in [0.15, 0.2) is 29.1 Å². The molecular formula is C11H8F3NO2. The summed E-state index contributed by atoms with van der Waals surface area (Å²) >= 11 is 0. The average molecular weight is 243 g/mol. The highest BCUT2D eigenvalue weighted by molar-refractivity contribution is 5.80. The lowest BCUT2D eigenvalue weighted by atomic mass is 10.1. The maximum atomic E-state index is 12.5. The molecule has 90 valence electrons. The maximum absolute atomic E-state index is 12.5. The minimum absolute atomic E-state index is 0.303. The number of aromatic nitrogens is 1. The van der Waals surface area contributed by atoms with Crippen LogP contribution in [-0.4, -0.2) is 12.1 Å². The molecule has 0 radical (unpaired) electrons. The summed E-state index contributed by atoms with van der Waals surface area (Å²) in [6, 6.07) is 5.28. The van der Waals surface area contributed by atoms with Gasteiger partial charge < -0.3 is 9.72 Å². The molecular weight excluding hydrogens is 235 g/mol. The third kappa shape index (κ3) is 2.11. The highest BCUT2D eigenvalue weighted by atomic mass is 19.4. The Hall–Kier alpha value is -1.98. The second-order valence-electron chi connectivity index (χ2n) is 3.46. The van der Waals surface area contributed by atoms with Crippen molar-refractivity contribution in [1.29, 1.82) is 0 Å². The Morgan fingerprint density at radius 3 is 2.53 bits per heavy atom. The molecule has 6 heteroatoms. The Kier molecular flexibility index (Phi) is 2.57. The summed E-state index contributed by atoms with van der Waals surface area (Å²) in [5, 5.41) is 0.303. The van der Waals surface area contributed by atoms with Gasteiger partial charge in [0.1, 0.15) is 11.3 Å². The molecule has 2 aromatic rings. The predicted octanol–water partition coefficient (Wildman–Crippen LogP) is 2.56. The van der Waals surface area contributed by atoms with Crippen molar-refractivity contribution in [3.8, 4) is 5.75 Å². The topological polar surface area (TPSA) is 42.1 Å². The van der Waals surface area contributed by atoms with E-state index in [4.69, 9.17) is 4.74 Å². The number of methoxy groups -OCH3 is 1. The van der Waals surface area contributed by atoms with Crippen LogP contribution in [0.25, 0.3) is 10.9 Å². The number of nitrogens with one attached hydrogen (secondary N) is 1. The van der Waals surface area contributed by atoms with E-state index >= 15 is 0 Å². The molecule has 0 saturated carbocycles. The molecule has 0 fully saturated rings. The van der Waals surface area contributed by atoms with Gasteiger partial charge in [0, 0.05) is 6.07 Å². The van der Waals surface area contributed by atoms with Crippen LogP contribution < -0.4 is 10.3 Å². The first kappa shape index (κ1) is 11.5. The molecule has 0 amide bonds. The van der Waals surface area contributed by atoms with Crippen LogP contribution in [0.5, 0.6) is 5.75 Å². The average Bonchev–Trinajstić information content (AvgIpc) is 2.25. The summed E-state index contributed by atoms with van der Waals surface area (Å²) in [5.41, 5.74) is -2.05. The van der Waals surface area contributed by atoms with Gasteiger partial charge in [0.05, 0.1) is 12.6 Å². The SMILES string of the molecule is COc1ccc2cc(C(F)(F)F)c(=O)[nH]c2c1. The summed E-state index contributed by atoms with van der Waals surface area (Å²) in [6.07, 6.45) is -4.65. The second kappa shape index (κ2) is 3.80. The van der Waals surface area contributed by atoms with Crippen molar-refractivity contribution in [3.63, 3.8) is 0 Å². The van der Waals surface area contributed by atoms with E-state index in [-0.39, 0.29) is 0 Å². The van der Waals surface area contributed by atoms with E-state index in [9.17, 15) is 18.0 Å². The maximum Gasteiger partial charge on any atom is 0.421 e. The van der Waals surface area contributed by atoms with E-state index in [1.807, 2.05) is 0 Å². The van der Waals surface area contributed by atoms with E-state index in [1.54, 1.807) is 0 Å². The Bertz CT molecular complexity index is 616. The zero-order valence-electron chi connectivity index (χ0n) is 8.76. The molecule has 0 aliphatic heterocycles. The molecule has 0 saturated heterocycles. The van der Waals surface area contributed by atoms with Gasteiger partial charge in [-0.15, -0.1) is 0 Å². The van der Waals surface area contributed by atoms with Gasteiger partial charge in [-0.1, -0.05) is 0 Å². The molecule has 1 heterocycles. The largest absolute Gasteiger partial charge is 0.497 e. The predicted molar refractivity (Wildman–Crippen MR) is 56.1 cm³/mol. The van der Waals surface area contributed by atoms with Crippen molar-refractivity contribution in [3.05, 3.63) is 40.2 Å². The minimum atomic E-state index is -4.65. The number of fused-ring (bicyclic) bond motifs is 1. The van der Waals surface area contributed by atoms with Crippen LogP contribution in [0, 0.1) is 0 Å². The molecule has 2 rings (SSSR count). The molecule has 3 nitrogen and oxygen atoms in total. The highest BCUT2D eigenvalue weighted by Gasteiger charge is 2.34. The zero-order chi connectivity index (χ0) is 12.6. The Morgan fingerprint density at radius 1 is 1.24 bits per heavy atom. The lowest BCUT2D eigenvalue weighted by molar-refractivity contribution is -0.138. The van der Waals surface area contributed by atoms with E-state index in [1.165, 1.54) is 25.3 Å². The number of hydrogen-bond donors (Lipinski definition) is 1. The van der Waals surface area contributed by atoms with Crippen molar-refractivity contribution < 1.29 is 17.9 Å². The number of hydrogen-bond acceptors (Lipinski definition) is 2. The normalized spacial score (nSPS) is 11.8. The highest BCUT2D eigenvalue weighted by Crippen LogP contribution is 2.28. The fourth-order valence-corrected chi connectivity index (χ4v) is 1.52. The smallest absolute Gasteiger partial charge is 0.421 e. The Morgan fingerprint density at radius 2 is 1.94 bits per heavy atom. The van der Waals surface area contributed by atoms with Gasteiger partial charge in [-0.05, 0) is 23.6 Å². The molecule has 0 aliphatic carbocycles. The molecule has 0 atom stereocenters. The van der Waals surface area contributed by atoms with Crippen LogP contribution in [0.2, 0.25) is 0 Å². The van der Waals surface area contributed by atoms with E-state index in [0.717, 1.165) is 6.07 Å². The van der Waals surface area contributed by atoms with Crippen LogP contribution in [-0.2, 0) is 6.18 Å². The van der Waals surface area contributed by atoms with Gasteiger partial charge in [-0.2, -0.15) is 13.2 Å². The van der Waals surface area contributed by atoms with Gasteiger partial charge in [0.2, 0.25) is 0 Å². The number of alkyl halides is 3. The molecule has 0 unspecified atom stereocenters. The number of halogens is 3. The van der Waals surface area contributed by atoms with Crippen molar-refractivity contribution >= 4 is 10.9 Å². The summed E-state index contributed by atoms with van der Waals surface area (Å²) < 4.78 is 42.3. The van der Waals surface area contributed by atoms with Gasteiger partial charge in [-0.3, -0.25) is 4.79 Å². The number of rotatable bonds is 1. The molecule has 0 aliphatic rings. The van der Waals surface area contributed by atoms with Gasteiger partial charge >= 0.3 is 6.18 Å². The molecule has 17 heavy (non-hydrogen) atoms. The van der Waals surface area contributed by atoms with Crippen molar-refractivity contribution in [2.24, 2.45) is 0 Å². The monoisotopic (exact) mass is 243 g/mol. The summed E-state index contributed by atoms with van der Waals surface area (Å²) in [6.45, 7) is 0.